The molecular weight excluding hydrogens is 268 g/mol. The zero-order chi connectivity index (χ0) is 15.4. The van der Waals surface area contributed by atoms with Crippen molar-refractivity contribution in [3.05, 3.63) is 18.9 Å². The summed E-state index contributed by atoms with van der Waals surface area (Å²) in [6.07, 6.45) is 6.30. The summed E-state index contributed by atoms with van der Waals surface area (Å²) in [4.78, 5) is 20.4. The van der Waals surface area contributed by atoms with Crippen LogP contribution in [0.2, 0.25) is 0 Å². The van der Waals surface area contributed by atoms with E-state index in [2.05, 4.69) is 26.0 Å². The van der Waals surface area contributed by atoms with Crippen molar-refractivity contribution in [1.29, 1.82) is 5.26 Å². The highest BCUT2D eigenvalue weighted by Gasteiger charge is 2.13. The van der Waals surface area contributed by atoms with E-state index in [-0.39, 0.29) is 0 Å². The van der Waals surface area contributed by atoms with E-state index >= 15 is 0 Å². The highest BCUT2D eigenvalue weighted by Crippen LogP contribution is 2.23. The Bertz CT molecular complexity index is 732. The maximum absolute atomic E-state index is 9.33. The van der Waals surface area contributed by atoms with Gasteiger partial charge in [-0.25, -0.2) is 19.9 Å². The number of nitriles is 1. The molecule has 2 heterocycles. The molecule has 0 aromatic carbocycles. The molecule has 0 aliphatic carbocycles. The Morgan fingerprint density at radius 3 is 2.62 bits per heavy atom. The van der Waals surface area contributed by atoms with Crippen molar-refractivity contribution in [2.75, 3.05) is 28.2 Å². The Balaban J connectivity index is 2.64. The molecule has 0 fully saturated rings. The monoisotopic (exact) mass is 284 g/mol. The van der Waals surface area contributed by atoms with Gasteiger partial charge in [0, 0.05) is 34.4 Å². The van der Waals surface area contributed by atoms with E-state index in [1.54, 1.807) is 33.2 Å². The Labute approximate surface area is 122 Å². The summed E-state index contributed by atoms with van der Waals surface area (Å²) in [7, 11) is 7.42. The molecule has 0 spiro atoms. The molecular formula is C13H16N8. The average molecular weight is 284 g/mol. The number of fused-ring (bicyclic) bond motifs is 1. The molecule has 2 aromatic rings. The zero-order valence-electron chi connectivity index (χ0n) is 12.4. The summed E-state index contributed by atoms with van der Waals surface area (Å²) in [5.41, 5.74) is 1.51. The van der Waals surface area contributed by atoms with Gasteiger partial charge in [0.15, 0.2) is 11.5 Å². The third-order valence-electron chi connectivity index (χ3n) is 2.49. The fraction of sp³-hybridized carbons (Fsp3) is 0.308. The number of nitrogens with zero attached hydrogens (tertiary/aromatic N) is 8. The van der Waals surface area contributed by atoms with Crippen molar-refractivity contribution >= 4 is 29.0 Å². The van der Waals surface area contributed by atoms with Crippen molar-refractivity contribution < 1.29 is 0 Å². The molecule has 0 amide bonds. The largest absolute Gasteiger partial charge is 0.381 e. The fourth-order valence-corrected chi connectivity index (χ4v) is 1.68. The van der Waals surface area contributed by atoms with Gasteiger partial charge < -0.3 is 9.80 Å². The third kappa shape index (κ3) is 3.14. The van der Waals surface area contributed by atoms with Crippen molar-refractivity contribution in [2.24, 2.45) is 4.99 Å². The van der Waals surface area contributed by atoms with Gasteiger partial charge in [0.25, 0.3) is 0 Å². The molecule has 0 unspecified atom stereocenters. The lowest BCUT2D eigenvalue weighted by Crippen LogP contribution is -2.07. The highest BCUT2D eigenvalue weighted by molar-refractivity contribution is 5.87. The molecule has 0 saturated carbocycles. The van der Waals surface area contributed by atoms with Crippen LogP contribution in [0.1, 0.15) is 0 Å². The molecule has 2 aromatic heterocycles. The van der Waals surface area contributed by atoms with Crippen molar-refractivity contribution in [3.8, 4) is 6.07 Å². The number of aliphatic imine (C=N–C) groups is 1. The number of aromatic nitrogens is 4. The Hall–Kier alpha value is -2.95. The van der Waals surface area contributed by atoms with Crippen molar-refractivity contribution in [3.63, 3.8) is 0 Å². The second kappa shape index (κ2) is 6.00. The molecule has 0 bridgehead atoms. The lowest BCUT2D eigenvalue weighted by atomic mass is 10.4. The van der Waals surface area contributed by atoms with Crippen LogP contribution < -0.4 is 0 Å². The smallest absolute Gasteiger partial charge is 0.183 e. The standard InChI is InChI=1S/C13H16N8/c1-19(2)6-10(5-14)21-9-18-13-11(21)12(15-7-16-13)17-8-20(3)4/h6-9H,1-4H3/b10-6+,17-8?. The number of hydrogen-bond acceptors (Lipinski definition) is 6. The minimum absolute atomic E-state index is 0.415. The van der Waals surface area contributed by atoms with Gasteiger partial charge in [-0.15, -0.1) is 0 Å². The van der Waals surface area contributed by atoms with E-state index in [1.165, 1.54) is 6.33 Å². The first-order valence-corrected chi connectivity index (χ1v) is 6.20. The lowest BCUT2D eigenvalue weighted by Gasteiger charge is -2.08. The van der Waals surface area contributed by atoms with Crippen LogP contribution in [0.4, 0.5) is 5.82 Å². The van der Waals surface area contributed by atoms with E-state index in [1.807, 2.05) is 28.2 Å². The minimum Gasteiger partial charge on any atom is -0.381 e. The molecule has 2 rings (SSSR count). The van der Waals surface area contributed by atoms with Gasteiger partial charge in [-0.3, -0.25) is 4.57 Å². The first-order chi connectivity index (χ1) is 10.0. The van der Waals surface area contributed by atoms with E-state index in [4.69, 9.17) is 0 Å². The quantitative estimate of drug-likeness (QED) is 0.471. The van der Waals surface area contributed by atoms with Crippen LogP contribution in [0.3, 0.4) is 0 Å². The molecule has 21 heavy (non-hydrogen) atoms. The fourth-order valence-electron chi connectivity index (χ4n) is 1.68. The first-order valence-electron chi connectivity index (χ1n) is 6.20. The molecule has 8 nitrogen and oxygen atoms in total. The maximum atomic E-state index is 9.33. The molecule has 0 N–H and O–H groups in total. The lowest BCUT2D eigenvalue weighted by molar-refractivity contribution is 0.564. The predicted octanol–water partition coefficient (Wildman–Crippen LogP) is 0.931. The summed E-state index contributed by atoms with van der Waals surface area (Å²) in [5.74, 6) is 0.464. The number of imidazole rings is 1. The van der Waals surface area contributed by atoms with Gasteiger partial charge in [-0.1, -0.05) is 0 Å². The first kappa shape index (κ1) is 14.5. The number of hydrogen-bond donors (Lipinski definition) is 0. The van der Waals surface area contributed by atoms with E-state index in [9.17, 15) is 5.26 Å². The molecule has 8 heteroatoms. The van der Waals surface area contributed by atoms with Crippen LogP contribution in [0, 0.1) is 11.3 Å². The molecule has 0 aliphatic heterocycles. The normalized spacial score (nSPS) is 11.9. The summed E-state index contributed by atoms with van der Waals surface area (Å²) >= 11 is 0. The van der Waals surface area contributed by atoms with Crippen molar-refractivity contribution in [2.45, 2.75) is 0 Å². The third-order valence-corrected chi connectivity index (χ3v) is 2.49. The molecule has 108 valence electrons. The maximum Gasteiger partial charge on any atom is 0.183 e. The van der Waals surface area contributed by atoms with Gasteiger partial charge in [0.05, 0.1) is 6.34 Å². The van der Waals surface area contributed by atoms with Gasteiger partial charge in [-0.05, 0) is 0 Å². The zero-order valence-corrected chi connectivity index (χ0v) is 12.4. The summed E-state index contributed by atoms with van der Waals surface area (Å²) < 4.78 is 1.64. The van der Waals surface area contributed by atoms with E-state index in [0.717, 1.165) is 0 Å². The minimum atomic E-state index is 0.415. The van der Waals surface area contributed by atoms with Crippen molar-refractivity contribution in [1.82, 2.24) is 29.3 Å². The highest BCUT2D eigenvalue weighted by atomic mass is 15.2. The molecule has 0 radical (unpaired) electrons. The topological polar surface area (TPSA) is 86.2 Å². The summed E-state index contributed by atoms with van der Waals surface area (Å²) in [6.45, 7) is 0. The Morgan fingerprint density at radius 1 is 1.24 bits per heavy atom. The molecule has 0 aliphatic rings. The van der Waals surface area contributed by atoms with Gasteiger partial charge in [0.1, 0.15) is 29.9 Å². The van der Waals surface area contributed by atoms with Crippen LogP contribution in [-0.2, 0) is 0 Å². The number of allylic oxidation sites excluding steroid dienone is 1. The predicted molar refractivity (Wildman–Crippen MR) is 80.7 cm³/mol. The summed E-state index contributed by atoms with van der Waals surface area (Å²) in [6, 6.07) is 2.14. The van der Waals surface area contributed by atoms with Crippen LogP contribution in [0.25, 0.3) is 16.9 Å². The molecule has 0 saturated heterocycles. The van der Waals surface area contributed by atoms with Gasteiger partial charge >= 0.3 is 0 Å². The van der Waals surface area contributed by atoms with Gasteiger partial charge in [-0.2, -0.15) is 5.26 Å². The van der Waals surface area contributed by atoms with Crippen LogP contribution >= 0.6 is 0 Å². The van der Waals surface area contributed by atoms with Gasteiger partial charge in [0.2, 0.25) is 0 Å². The number of rotatable bonds is 4. The summed E-state index contributed by atoms with van der Waals surface area (Å²) in [5, 5.41) is 9.33. The van der Waals surface area contributed by atoms with E-state index < -0.39 is 0 Å². The Morgan fingerprint density at radius 2 is 2.00 bits per heavy atom. The van der Waals surface area contributed by atoms with Crippen LogP contribution in [0.15, 0.2) is 23.8 Å². The van der Waals surface area contributed by atoms with Crippen LogP contribution in [0.5, 0.6) is 0 Å². The van der Waals surface area contributed by atoms with Crippen LogP contribution in [-0.4, -0.2) is 63.8 Å². The van der Waals surface area contributed by atoms with E-state index in [0.29, 0.717) is 22.7 Å². The molecule has 0 atom stereocenters. The SMILES string of the molecule is CN(C)C=Nc1ncnc2ncn(/C(C#N)=C/N(C)C)c12. The average Bonchev–Trinajstić information content (AvgIpc) is 2.86. The second-order valence-corrected chi connectivity index (χ2v) is 4.78. The Kier molecular flexibility index (Phi) is 4.13. The second-order valence-electron chi connectivity index (χ2n) is 4.78.